The van der Waals surface area contributed by atoms with Crippen LogP contribution in [0.3, 0.4) is 0 Å². The van der Waals surface area contributed by atoms with E-state index in [1.807, 2.05) is 0 Å². The lowest BCUT2D eigenvalue weighted by Gasteiger charge is -2.67. The van der Waals surface area contributed by atoms with Gasteiger partial charge in [0.05, 0.1) is 24.1 Å². The van der Waals surface area contributed by atoms with Crippen LogP contribution in [0.4, 0.5) is 8.78 Å². The molecule has 0 radical (unpaired) electrons. The van der Waals surface area contributed by atoms with E-state index in [4.69, 9.17) is 4.74 Å². The lowest BCUT2D eigenvalue weighted by molar-refractivity contribution is -0.220. The molecular formula is C18H17F2N3O3. The lowest BCUT2D eigenvalue weighted by atomic mass is 9.39. The highest BCUT2D eigenvalue weighted by atomic mass is 19.1. The average molecular weight is 361 g/mol. The van der Waals surface area contributed by atoms with E-state index < -0.39 is 28.6 Å². The first-order valence-electron chi connectivity index (χ1n) is 8.63. The Hall–Kier alpha value is -2.51. The van der Waals surface area contributed by atoms with E-state index in [2.05, 4.69) is 5.10 Å². The van der Waals surface area contributed by atoms with Crippen molar-refractivity contribution in [2.24, 2.45) is 5.41 Å². The zero-order chi connectivity index (χ0) is 18.3. The van der Waals surface area contributed by atoms with Gasteiger partial charge >= 0.3 is 11.7 Å². The third kappa shape index (κ3) is 1.82. The minimum Gasteiger partial charge on any atom is -0.469 e. The van der Waals surface area contributed by atoms with E-state index in [9.17, 15) is 18.4 Å². The lowest BCUT2D eigenvalue weighted by Crippen LogP contribution is -2.72. The molecule has 6 nitrogen and oxygen atoms in total. The fourth-order valence-electron chi connectivity index (χ4n) is 5.08. The Morgan fingerprint density at radius 1 is 1.23 bits per heavy atom. The highest BCUT2D eigenvalue weighted by Gasteiger charge is 2.74. The van der Waals surface area contributed by atoms with Crippen molar-refractivity contribution in [3.05, 3.63) is 51.7 Å². The van der Waals surface area contributed by atoms with Crippen LogP contribution in [0.1, 0.15) is 43.1 Å². The van der Waals surface area contributed by atoms with Gasteiger partial charge < -0.3 is 4.74 Å². The standard InChI is InChI=1S/C18H17F2N3O3/c1-26-15(24)17-7-18(8-17,9-17)23-16(25)22-13(2-3-14(22)21-23)10-4-11(19)6-12(20)5-10/h4-6,13H,2-3,7-9H2,1H3/t13-,17?,18?/m0/s1. The molecule has 1 aliphatic heterocycles. The van der Waals surface area contributed by atoms with Crippen molar-refractivity contribution in [3.8, 4) is 0 Å². The number of rotatable bonds is 3. The third-order valence-electron chi connectivity index (χ3n) is 6.17. The summed E-state index contributed by atoms with van der Waals surface area (Å²) in [4.78, 5) is 24.8. The van der Waals surface area contributed by atoms with E-state index in [1.54, 1.807) is 4.57 Å². The molecule has 136 valence electrons. The molecule has 4 aliphatic rings. The summed E-state index contributed by atoms with van der Waals surface area (Å²) in [5.41, 5.74) is -0.717. The van der Waals surface area contributed by atoms with E-state index >= 15 is 0 Å². The Morgan fingerprint density at radius 2 is 1.88 bits per heavy atom. The van der Waals surface area contributed by atoms with Gasteiger partial charge in [0.25, 0.3) is 0 Å². The van der Waals surface area contributed by atoms with Gasteiger partial charge in [-0.3, -0.25) is 9.36 Å². The summed E-state index contributed by atoms with van der Waals surface area (Å²) in [6.07, 6.45) is 2.83. The fourth-order valence-corrected chi connectivity index (χ4v) is 5.08. The van der Waals surface area contributed by atoms with Crippen molar-refractivity contribution in [1.29, 1.82) is 0 Å². The second-order valence-electron chi connectivity index (χ2n) is 7.76. The number of nitrogens with zero attached hydrogens (tertiary/aromatic N) is 3. The van der Waals surface area contributed by atoms with Crippen molar-refractivity contribution >= 4 is 5.97 Å². The van der Waals surface area contributed by atoms with E-state index in [1.165, 1.54) is 23.9 Å². The fraction of sp³-hybridized carbons (Fsp3) is 0.500. The number of aryl methyl sites for hydroxylation is 1. The Morgan fingerprint density at radius 3 is 2.50 bits per heavy atom. The molecule has 1 aromatic carbocycles. The van der Waals surface area contributed by atoms with Gasteiger partial charge in [-0.1, -0.05) is 0 Å². The van der Waals surface area contributed by atoms with Crippen LogP contribution in [0.2, 0.25) is 0 Å². The van der Waals surface area contributed by atoms with Crippen molar-refractivity contribution in [2.45, 2.75) is 43.7 Å². The van der Waals surface area contributed by atoms with Crippen LogP contribution in [0.15, 0.2) is 23.0 Å². The number of carbonyl (C=O) groups excluding carboxylic acids is 1. The zero-order valence-corrected chi connectivity index (χ0v) is 14.2. The van der Waals surface area contributed by atoms with Crippen LogP contribution in [0.25, 0.3) is 0 Å². The van der Waals surface area contributed by atoms with Crippen LogP contribution >= 0.6 is 0 Å². The van der Waals surface area contributed by atoms with Crippen molar-refractivity contribution < 1.29 is 18.3 Å². The predicted molar refractivity (Wildman–Crippen MR) is 85.6 cm³/mol. The van der Waals surface area contributed by atoms with Crippen LogP contribution in [-0.2, 0) is 21.5 Å². The number of hydrogen-bond donors (Lipinski definition) is 0. The van der Waals surface area contributed by atoms with Gasteiger partial charge in [0.1, 0.15) is 17.5 Å². The Balaban J connectivity index is 1.49. The number of carbonyl (C=O) groups is 1. The summed E-state index contributed by atoms with van der Waals surface area (Å²) in [5.74, 6) is -0.921. The topological polar surface area (TPSA) is 66.1 Å². The SMILES string of the molecule is COC(=O)C12CC(n3nc4n(c3=O)[C@H](c3cc(F)cc(F)c3)CC4)(C1)C2. The summed E-state index contributed by atoms with van der Waals surface area (Å²) in [7, 11) is 1.37. The molecule has 0 N–H and O–H groups in total. The molecule has 3 aliphatic carbocycles. The molecule has 6 rings (SSSR count). The molecule has 8 heteroatoms. The smallest absolute Gasteiger partial charge is 0.347 e. The van der Waals surface area contributed by atoms with Gasteiger partial charge in [-0.15, -0.1) is 0 Å². The third-order valence-corrected chi connectivity index (χ3v) is 6.17. The summed E-state index contributed by atoms with van der Waals surface area (Å²) in [6.45, 7) is 0. The second kappa shape index (κ2) is 4.81. The quantitative estimate of drug-likeness (QED) is 0.784. The summed E-state index contributed by atoms with van der Waals surface area (Å²) >= 11 is 0. The number of ether oxygens (including phenoxy) is 1. The highest BCUT2D eigenvalue weighted by Crippen LogP contribution is 2.71. The minimum absolute atomic E-state index is 0.229. The number of fused-ring (bicyclic) bond motifs is 1. The van der Waals surface area contributed by atoms with E-state index in [-0.39, 0.29) is 11.7 Å². The highest BCUT2D eigenvalue weighted by molar-refractivity contribution is 5.81. The molecule has 26 heavy (non-hydrogen) atoms. The number of benzene rings is 1. The Bertz CT molecular complexity index is 970. The van der Waals surface area contributed by atoms with Crippen LogP contribution in [0.5, 0.6) is 0 Å². The molecule has 3 fully saturated rings. The monoisotopic (exact) mass is 361 g/mol. The molecule has 2 heterocycles. The van der Waals surface area contributed by atoms with Gasteiger partial charge in [0, 0.05) is 12.5 Å². The Labute approximate surface area is 147 Å². The summed E-state index contributed by atoms with van der Waals surface area (Å²) < 4.78 is 35.0. The van der Waals surface area contributed by atoms with Gasteiger partial charge in [0.15, 0.2) is 0 Å². The molecular weight excluding hydrogens is 344 g/mol. The van der Waals surface area contributed by atoms with Crippen LogP contribution in [-0.4, -0.2) is 27.4 Å². The number of aromatic nitrogens is 3. The summed E-state index contributed by atoms with van der Waals surface area (Å²) in [5, 5.41) is 4.49. The van der Waals surface area contributed by atoms with E-state index in [0.29, 0.717) is 43.5 Å². The largest absolute Gasteiger partial charge is 0.469 e. The first-order valence-corrected chi connectivity index (χ1v) is 8.63. The average Bonchev–Trinajstić information content (AvgIpc) is 3.05. The normalized spacial score (nSPS) is 31.1. The second-order valence-corrected chi connectivity index (χ2v) is 7.76. The van der Waals surface area contributed by atoms with Crippen molar-refractivity contribution in [3.63, 3.8) is 0 Å². The summed E-state index contributed by atoms with van der Waals surface area (Å²) in [6, 6.07) is 2.93. The van der Waals surface area contributed by atoms with Crippen LogP contribution in [0, 0.1) is 17.0 Å². The van der Waals surface area contributed by atoms with Crippen molar-refractivity contribution in [2.75, 3.05) is 7.11 Å². The molecule has 3 saturated carbocycles. The molecule has 0 saturated heterocycles. The number of hydrogen-bond acceptors (Lipinski definition) is 4. The minimum atomic E-state index is -0.659. The number of methoxy groups -OCH3 is 1. The molecule has 0 unspecified atom stereocenters. The van der Waals surface area contributed by atoms with Crippen LogP contribution < -0.4 is 5.69 Å². The molecule has 2 bridgehead atoms. The van der Waals surface area contributed by atoms with Crippen molar-refractivity contribution in [1.82, 2.24) is 14.3 Å². The maximum atomic E-state index is 13.6. The first-order chi connectivity index (χ1) is 12.4. The zero-order valence-electron chi connectivity index (χ0n) is 14.2. The number of esters is 1. The molecule has 1 aromatic heterocycles. The molecule has 0 spiro atoms. The van der Waals surface area contributed by atoms with Gasteiger partial charge in [-0.2, -0.15) is 5.10 Å². The number of halogens is 2. The maximum absolute atomic E-state index is 13.6. The molecule has 0 amide bonds. The Kier molecular flexibility index (Phi) is 2.91. The maximum Gasteiger partial charge on any atom is 0.347 e. The van der Waals surface area contributed by atoms with E-state index in [0.717, 1.165) is 6.07 Å². The molecule has 2 aromatic rings. The molecule has 1 atom stereocenters. The van der Waals surface area contributed by atoms with Gasteiger partial charge in [-0.05, 0) is 43.4 Å². The first kappa shape index (κ1) is 15.7. The van der Waals surface area contributed by atoms with Gasteiger partial charge in [-0.25, -0.2) is 18.3 Å². The predicted octanol–water partition coefficient (Wildman–Crippen LogP) is 1.91. The van der Waals surface area contributed by atoms with Gasteiger partial charge in [0.2, 0.25) is 0 Å².